The Hall–Kier alpha value is -2.14. The molecule has 0 saturated heterocycles. The summed E-state index contributed by atoms with van der Waals surface area (Å²) in [5.41, 5.74) is 5.80. The van der Waals surface area contributed by atoms with Crippen LogP contribution in [0.25, 0.3) is 0 Å². The zero-order chi connectivity index (χ0) is 16.2. The van der Waals surface area contributed by atoms with E-state index in [4.69, 9.17) is 5.73 Å². The number of hydrogen-bond acceptors (Lipinski definition) is 2. The smallest absolute Gasteiger partial charge is 0.247 e. The van der Waals surface area contributed by atoms with E-state index in [1.54, 1.807) is 31.2 Å². The first-order valence-corrected chi connectivity index (χ1v) is 7.62. The molecular formula is C17H17BrN2O2. The average Bonchev–Trinajstić information content (AvgIpc) is 2.50. The number of nitrogens with two attached hydrogens (primary N) is 1. The second kappa shape index (κ2) is 6.75. The Bertz CT molecular complexity index is 671. The fourth-order valence-corrected chi connectivity index (χ4v) is 2.42. The predicted octanol–water partition coefficient (Wildman–Crippen LogP) is 2.51. The van der Waals surface area contributed by atoms with Crippen molar-refractivity contribution >= 4 is 27.7 Å². The maximum Gasteiger partial charge on any atom is 0.247 e. The van der Waals surface area contributed by atoms with Crippen molar-refractivity contribution in [2.45, 2.75) is 18.9 Å². The number of halogens is 1. The molecule has 2 aromatic carbocycles. The van der Waals surface area contributed by atoms with E-state index in [0.29, 0.717) is 5.56 Å². The summed E-state index contributed by atoms with van der Waals surface area (Å²) in [5, 5.41) is 2.75. The molecule has 0 spiro atoms. The topological polar surface area (TPSA) is 72.2 Å². The molecule has 0 heterocycles. The summed E-state index contributed by atoms with van der Waals surface area (Å²) < 4.78 is 0.947. The van der Waals surface area contributed by atoms with Crippen molar-refractivity contribution in [3.8, 4) is 0 Å². The van der Waals surface area contributed by atoms with Gasteiger partial charge in [-0.05, 0) is 30.2 Å². The maximum absolute atomic E-state index is 12.3. The van der Waals surface area contributed by atoms with Gasteiger partial charge in [-0.15, -0.1) is 0 Å². The van der Waals surface area contributed by atoms with Crippen LogP contribution in [-0.4, -0.2) is 11.8 Å². The highest BCUT2D eigenvalue weighted by Gasteiger charge is 2.34. The molecule has 0 saturated carbocycles. The van der Waals surface area contributed by atoms with Gasteiger partial charge in [-0.25, -0.2) is 0 Å². The van der Waals surface area contributed by atoms with Crippen molar-refractivity contribution in [1.82, 2.24) is 5.32 Å². The minimum absolute atomic E-state index is 0.184. The molecule has 2 rings (SSSR count). The number of benzene rings is 2. The molecule has 114 valence electrons. The van der Waals surface area contributed by atoms with Crippen LogP contribution in [0.4, 0.5) is 0 Å². The predicted molar refractivity (Wildman–Crippen MR) is 89.0 cm³/mol. The van der Waals surface area contributed by atoms with E-state index >= 15 is 0 Å². The van der Waals surface area contributed by atoms with Gasteiger partial charge in [-0.2, -0.15) is 0 Å². The molecule has 3 N–H and O–H groups in total. The third kappa shape index (κ3) is 3.74. The van der Waals surface area contributed by atoms with Crippen molar-refractivity contribution in [1.29, 1.82) is 0 Å². The second-order valence-electron chi connectivity index (χ2n) is 5.21. The number of carbonyl (C=O) groups excluding carboxylic acids is 2. The number of rotatable bonds is 5. The second-order valence-corrected chi connectivity index (χ2v) is 6.12. The fraction of sp³-hybridized carbons (Fsp3) is 0.176. The van der Waals surface area contributed by atoms with Crippen molar-refractivity contribution in [2.24, 2.45) is 5.73 Å². The molecule has 5 heteroatoms. The van der Waals surface area contributed by atoms with Gasteiger partial charge in [0.2, 0.25) is 11.8 Å². The first-order chi connectivity index (χ1) is 10.4. The Balaban J connectivity index is 2.16. The van der Waals surface area contributed by atoms with E-state index < -0.39 is 11.4 Å². The quantitative estimate of drug-likeness (QED) is 0.859. The molecule has 0 aromatic heterocycles. The normalized spacial score (nSPS) is 13.2. The number of nitrogens with one attached hydrogen (secondary N) is 1. The number of amides is 2. The highest BCUT2D eigenvalue weighted by Crippen LogP contribution is 2.20. The summed E-state index contributed by atoms with van der Waals surface area (Å²) in [4.78, 5) is 24.1. The Morgan fingerprint density at radius 2 is 1.68 bits per heavy atom. The lowest BCUT2D eigenvalue weighted by atomic mass is 9.91. The molecule has 0 aliphatic rings. The molecule has 0 bridgehead atoms. The van der Waals surface area contributed by atoms with Gasteiger partial charge < -0.3 is 11.1 Å². The van der Waals surface area contributed by atoms with Crippen LogP contribution < -0.4 is 11.1 Å². The van der Waals surface area contributed by atoms with E-state index in [9.17, 15) is 9.59 Å². The first-order valence-electron chi connectivity index (χ1n) is 6.83. The maximum atomic E-state index is 12.3. The molecule has 0 aliphatic heterocycles. The van der Waals surface area contributed by atoms with Gasteiger partial charge in [0.15, 0.2) is 0 Å². The van der Waals surface area contributed by atoms with Gasteiger partial charge in [-0.3, -0.25) is 9.59 Å². The molecule has 0 radical (unpaired) electrons. The Kier molecular flexibility index (Phi) is 4.98. The zero-order valence-electron chi connectivity index (χ0n) is 12.2. The van der Waals surface area contributed by atoms with Gasteiger partial charge in [0.05, 0.1) is 6.42 Å². The van der Waals surface area contributed by atoms with E-state index in [-0.39, 0.29) is 12.3 Å². The number of carbonyl (C=O) groups is 2. The van der Waals surface area contributed by atoms with Crippen molar-refractivity contribution in [3.63, 3.8) is 0 Å². The van der Waals surface area contributed by atoms with Crippen LogP contribution in [0.5, 0.6) is 0 Å². The molecule has 0 unspecified atom stereocenters. The third-order valence-corrected chi connectivity index (χ3v) is 4.04. The van der Waals surface area contributed by atoms with E-state index in [2.05, 4.69) is 21.2 Å². The third-order valence-electron chi connectivity index (χ3n) is 3.51. The van der Waals surface area contributed by atoms with Gasteiger partial charge >= 0.3 is 0 Å². The highest BCUT2D eigenvalue weighted by molar-refractivity contribution is 9.10. The van der Waals surface area contributed by atoms with Crippen molar-refractivity contribution in [3.05, 3.63) is 70.2 Å². The lowest BCUT2D eigenvalue weighted by Gasteiger charge is -2.28. The Morgan fingerprint density at radius 1 is 1.09 bits per heavy atom. The molecule has 4 nitrogen and oxygen atoms in total. The standard InChI is InChI=1S/C17H17BrN2O2/c1-17(16(19)22,13-5-3-2-4-6-13)20-15(21)11-12-7-9-14(18)10-8-12/h2-10H,11H2,1H3,(H2,19,22)(H,20,21)/t17-/m0/s1. The molecule has 22 heavy (non-hydrogen) atoms. The van der Waals surface area contributed by atoms with Gasteiger partial charge in [0, 0.05) is 4.47 Å². The highest BCUT2D eigenvalue weighted by atomic mass is 79.9. The first kappa shape index (κ1) is 16.2. The van der Waals surface area contributed by atoms with Gasteiger partial charge in [0.25, 0.3) is 0 Å². The summed E-state index contributed by atoms with van der Waals surface area (Å²) in [6.07, 6.45) is 0.184. The van der Waals surface area contributed by atoms with Crippen molar-refractivity contribution < 1.29 is 9.59 Å². The molecule has 2 aromatic rings. The summed E-state index contributed by atoms with van der Waals surface area (Å²) in [6.45, 7) is 1.62. The van der Waals surface area contributed by atoms with Crippen LogP contribution in [0, 0.1) is 0 Å². The van der Waals surface area contributed by atoms with Crippen LogP contribution in [0.3, 0.4) is 0 Å². The average molecular weight is 361 g/mol. The lowest BCUT2D eigenvalue weighted by molar-refractivity contribution is -0.131. The van der Waals surface area contributed by atoms with E-state index in [0.717, 1.165) is 10.0 Å². The summed E-state index contributed by atoms with van der Waals surface area (Å²) in [5.74, 6) is -0.852. The fourth-order valence-electron chi connectivity index (χ4n) is 2.16. The van der Waals surface area contributed by atoms with Crippen LogP contribution in [0.2, 0.25) is 0 Å². The number of hydrogen-bond donors (Lipinski definition) is 2. The minimum Gasteiger partial charge on any atom is -0.367 e. The lowest BCUT2D eigenvalue weighted by Crippen LogP contribution is -2.53. The minimum atomic E-state index is -1.23. The molecule has 0 aliphatic carbocycles. The summed E-state index contributed by atoms with van der Waals surface area (Å²) >= 11 is 3.35. The van der Waals surface area contributed by atoms with Crippen LogP contribution in [0.1, 0.15) is 18.1 Å². The van der Waals surface area contributed by atoms with Crippen LogP contribution in [0.15, 0.2) is 59.1 Å². The largest absolute Gasteiger partial charge is 0.367 e. The summed E-state index contributed by atoms with van der Waals surface area (Å²) in [7, 11) is 0. The van der Waals surface area contributed by atoms with E-state index in [1.165, 1.54) is 0 Å². The Morgan fingerprint density at radius 3 is 2.23 bits per heavy atom. The molecule has 2 amide bonds. The van der Waals surface area contributed by atoms with E-state index in [1.807, 2.05) is 30.3 Å². The van der Waals surface area contributed by atoms with Gasteiger partial charge in [-0.1, -0.05) is 58.4 Å². The molecule has 0 fully saturated rings. The zero-order valence-corrected chi connectivity index (χ0v) is 13.8. The Labute approximate surface area is 137 Å². The monoisotopic (exact) mass is 360 g/mol. The SMILES string of the molecule is C[C@@](NC(=O)Cc1ccc(Br)cc1)(C(N)=O)c1ccccc1. The number of primary amides is 1. The van der Waals surface area contributed by atoms with Gasteiger partial charge in [0.1, 0.15) is 5.54 Å². The summed E-state index contributed by atoms with van der Waals surface area (Å²) in [6, 6.07) is 16.4. The molecule has 1 atom stereocenters. The molecular weight excluding hydrogens is 344 g/mol. The van der Waals surface area contributed by atoms with Crippen molar-refractivity contribution in [2.75, 3.05) is 0 Å². The van der Waals surface area contributed by atoms with Crippen LogP contribution in [-0.2, 0) is 21.5 Å². The van der Waals surface area contributed by atoms with Crippen LogP contribution >= 0.6 is 15.9 Å².